The Morgan fingerprint density at radius 2 is 1.93 bits per heavy atom. The lowest BCUT2D eigenvalue weighted by Crippen LogP contribution is -2.03. The highest BCUT2D eigenvalue weighted by molar-refractivity contribution is 6.04. The van der Waals surface area contributed by atoms with E-state index in [2.05, 4.69) is 0 Å². The van der Waals surface area contributed by atoms with Crippen LogP contribution in [0, 0.1) is 5.82 Å². The fourth-order valence-corrected chi connectivity index (χ4v) is 0.908. The Labute approximate surface area is 83.0 Å². The predicted molar refractivity (Wildman–Crippen MR) is 45.9 cm³/mol. The minimum absolute atomic E-state index is 0.115. The molecule has 80 valence electrons. The van der Waals surface area contributed by atoms with Crippen molar-refractivity contribution in [3.63, 3.8) is 0 Å². The fraction of sp³-hybridized carbons (Fsp3) is 0.100. The quantitative estimate of drug-likeness (QED) is 0.423. The van der Waals surface area contributed by atoms with Crippen LogP contribution in [0.1, 0.15) is 10.4 Å². The maximum atomic E-state index is 12.6. The summed E-state index contributed by atoms with van der Waals surface area (Å²) < 4.78 is 47.7. The van der Waals surface area contributed by atoms with Crippen LogP contribution in [0.4, 0.5) is 17.6 Å². The second-order valence-corrected chi connectivity index (χ2v) is 2.75. The highest BCUT2D eigenvalue weighted by Crippen LogP contribution is 2.16. The van der Waals surface area contributed by atoms with Gasteiger partial charge < -0.3 is 0 Å². The zero-order valence-corrected chi connectivity index (χ0v) is 7.38. The lowest BCUT2D eigenvalue weighted by molar-refractivity contribution is -0.0799. The highest BCUT2D eigenvalue weighted by atomic mass is 19.4. The largest absolute Gasteiger partial charge is 0.409 e. The smallest absolute Gasteiger partial charge is 0.289 e. The van der Waals surface area contributed by atoms with E-state index in [1.807, 2.05) is 0 Å². The maximum Gasteiger partial charge on any atom is 0.409 e. The molecular formula is C10H6F4O. The summed E-state index contributed by atoms with van der Waals surface area (Å²) in [5.41, 5.74) is -0.115. The molecule has 0 amide bonds. The van der Waals surface area contributed by atoms with E-state index in [1.54, 1.807) is 0 Å². The van der Waals surface area contributed by atoms with Gasteiger partial charge in [-0.1, -0.05) is 12.1 Å². The van der Waals surface area contributed by atoms with Gasteiger partial charge in [0.05, 0.1) is 0 Å². The zero-order chi connectivity index (χ0) is 11.5. The van der Waals surface area contributed by atoms with E-state index in [4.69, 9.17) is 0 Å². The number of halogens is 4. The third kappa shape index (κ3) is 3.93. The van der Waals surface area contributed by atoms with Crippen molar-refractivity contribution in [3.8, 4) is 0 Å². The Kier molecular flexibility index (Phi) is 3.24. The second-order valence-electron chi connectivity index (χ2n) is 2.75. The summed E-state index contributed by atoms with van der Waals surface area (Å²) in [5.74, 6) is -1.55. The van der Waals surface area contributed by atoms with Crippen molar-refractivity contribution in [2.75, 3.05) is 0 Å². The van der Waals surface area contributed by atoms with E-state index >= 15 is 0 Å². The molecular weight excluding hydrogens is 212 g/mol. The van der Waals surface area contributed by atoms with Crippen LogP contribution in [-0.2, 0) is 0 Å². The standard InChI is InChI=1S/C10H6F4O/c11-8-3-1-2-7(6-8)9(15)4-5-10(12,13)14/h1-6H. The average Bonchev–Trinajstić information content (AvgIpc) is 2.13. The Morgan fingerprint density at radius 3 is 2.47 bits per heavy atom. The lowest BCUT2D eigenvalue weighted by Gasteiger charge is -1.98. The first-order chi connectivity index (χ1) is 6.88. The molecule has 0 fully saturated rings. The number of hydrogen-bond acceptors (Lipinski definition) is 1. The first-order valence-corrected chi connectivity index (χ1v) is 3.94. The van der Waals surface area contributed by atoms with Crippen LogP contribution in [0.3, 0.4) is 0 Å². The molecule has 5 heteroatoms. The van der Waals surface area contributed by atoms with Crippen molar-refractivity contribution in [2.24, 2.45) is 0 Å². The molecule has 1 aromatic carbocycles. The van der Waals surface area contributed by atoms with Gasteiger partial charge in [0.2, 0.25) is 0 Å². The molecule has 0 saturated heterocycles. The van der Waals surface area contributed by atoms with Crippen LogP contribution in [0.25, 0.3) is 0 Å². The third-order valence-corrected chi connectivity index (χ3v) is 1.53. The van der Waals surface area contributed by atoms with Crippen molar-refractivity contribution >= 4 is 5.78 Å². The molecule has 0 radical (unpaired) electrons. The second kappa shape index (κ2) is 4.25. The van der Waals surface area contributed by atoms with Crippen molar-refractivity contribution in [2.45, 2.75) is 6.18 Å². The van der Waals surface area contributed by atoms with Gasteiger partial charge in [-0.15, -0.1) is 0 Å². The number of hydrogen-bond donors (Lipinski definition) is 0. The summed E-state index contributed by atoms with van der Waals surface area (Å²) in [6.07, 6.45) is -4.35. The molecule has 1 rings (SSSR count). The molecule has 0 aromatic heterocycles. The lowest BCUT2D eigenvalue weighted by atomic mass is 10.1. The van der Waals surface area contributed by atoms with Gasteiger partial charge in [0.15, 0.2) is 5.78 Å². The Hall–Kier alpha value is -1.65. The molecule has 0 N–H and O–H groups in total. The van der Waals surface area contributed by atoms with Crippen LogP contribution >= 0.6 is 0 Å². The van der Waals surface area contributed by atoms with Gasteiger partial charge in [-0.2, -0.15) is 13.2 Å². The fourth-order valence-electron chi connectivity index (χ4n) is 0.908. The van der Waals surface area contributed by atoms with E-state index in [-0.39, 0.29) is 11.6 Å². The highest BCUT2D eigenvalue weighted by Gasteiger charge is 2.22. The zero-order valence-electron chi connectivity index (χ0n) is 7.38. The molecule has 0 spiro atoms. The molecule has 0 bridgehead atoms. The van der Waals surface area contributed by atoms with Crippen LogP contribution in [0.2, 0.25) is 0 Å². The topological polar surface area (TPSA) is 17.1 Å². The van der Waals surface area contributed by atoms with E-state index in [0.717, 1.165) is 12.1 Å². The number of ketones is 1. The Morgan fingerprint density at radius 1 is 1.27 bits per heavy atom. The number of benzene rings is 1. The van der Waals surface area contributed by atoms with E-state index in [9.17, 15) is 22.4 Å². The van der Waals surface area contributed by atoms with Gasteiger partial charge in [-0.25, -0.2) is 4.39 Å². The maximum absolute atomic E-state index is 12.6. The van der Waals surface area contributed by atoms with Crippen molar-refractivity contribution in [1.29, 1.82) is 0 Å². The number of allylic oxidation sites excluding steroid dienone is 2. The molecule has 0 unspecified atom stereocenters. The van der Waals surface area contributed by atoms with Gasteiger partial charge in [-0.3, -0.25) is 4.79 Å². The molecule has 0 aliphatic carbocycles. The Bertz CT molecular complexity index is 393. The van der Waals surface area contributed by atoms with Gasteiger partial charge in [-0.05, 0) is 18.2 Å². The monoisotopic (exact) mass is 218 g/mol. The predicted octanol–water partition coefficient (Wildman–Crippen LogP) is 3.13. The number of carbonyl (C=O) groups is 1. The summed E-state index contributed by atoms with van der Waals surface area (Å²) in [6, 6.07) is 4.48. The van der Waals surface area contributed by atoms with Gasteiger partial charge in [0, 0.05) is 11.6 Å². The summed E-state index contributed by atoms with van der Waals surface area (Å²) >= 11 is 0. The third-order valence-electron chi connectivity index (χ3n) is 1.53. The minimum Gasteiger partial charge on any atom is -0.289 e. The molecule has 0 heterocycles. The Balaban J connectivity index is 2.83. The van der Waals surface area contributed by atoms with Crippen molar-refractivity contribution in [1.82, 2.24) is 0 Å². The number of rotatable bonds is 2. The molecule has 1 nitrogen and oxygen atoms in total. The van der Waals surface area contributed by atoms with Crippen LogP contribution < -0.4 is 0 Å². The molecule has 1 aromatic rings. The minimum atomic E-state index is -4.54. The van der Waals surface area contributed by atoms with Crippen LogP contribution in [0.5, 0.6) is 0 Å². The first-order valence-electron chi connectivity index (χ1n) is 3.94. The van der Waals surface area contributed by atoms with Gasteiger partial charge in [0.1, 0.15) is 5.82 Å². The number of carbonyl (C=O) groups excluding carboxylic acids is 1. The van der Waals surface area contributed by atoms with E-state index < -0.39 is 17.8 Å². The van der Waals surface area contributed by atoms with Crippen LogP contribution in [-0.4, -0.2) is 12.0 Å². The molecule has 0 aliphatic rings. The average molecular weight is 218 g/mol. The van der Waals surface area contributed by atoms with Gasteiger partial charge in [0.25, 0.3) is 0 Å². The molecule has 15 heavy (non-hydrogen) atoms. The first kappa shape index (κ1) is 11.4. The molecule has 0 saturated carbocycles. The number of alkyl halides is 3. The van der Waals surface area contributed by atoms with E-state index in [1.165, 1.54) is 12.1 Å². The van der Waals surface area contributed by atoms with Crippen LogP contribution in [0.15, 0.2) is 36.4 Å². The molecule has 0 aliphatic heterocycles. The summed E-state index contributed by atoms with van der Waals surface area (Å²) in [4.78, 5) is 11.1. The van der Waals surface area contributed by atoms with Crippen molar-refractivity contribution < 1.29 is 22.4 Å². The SMILES string of the molecule is O=C(C=CC(F)(F)F)c1cccc(F)c1. The summed E-state index contributed by atoms with van der Waals surface area (Å²) in [6.45, 7) is 0. The van der Waals surface area contributed by atoms with Gasteiger partial charge >= 0.3 is 6.18 Å². The van der Waals surface area contributed by atoms with Crippen molar-refractivity contribution in [3.05, 3.63) is 47.8 Å². The normalized spacial score (nSPS) is 12.0. The summed E-state index contributed by atoms with van der Waals surface area (Å²) in [5, 5.41) is 0. The molecule has 0 atom stereocenters. The van der Waals surface area contributed by atoms with E-state index in [0.29, 0.717) is 6.08 Å². The summed E-state index contributed by atoms with van der Waals surface area (Å²) in [7, 11) is 0.